The number of nitrogens with one attached hydrogen (secondary N) is 1. The molecule has 5 N–H and O–H groups in total. The second-order valence-corrected chi connectivity index (χ2v) is 5.06. The molecule has 1 atom stereocenters. The number of amides is 1. The fraction of sp³-hybridized carbons (Fsp3) is 0.833. The molecule has 0 saturated heterocycles. The van der Waals surface area contributed by atoms with Crippen LogP contribution in [0.2, 0.25) is 0 Å². The van der Waals surface area contributed by atoms with E-state index in [9.17, 15) is 26.4 Å². The number of hydrogen-bond acceptors (Lipinski definition) is 4. The highest BCUT2D eigenvalue weighted by molar-refractivity contribution is 7.89. The van der Waals surface area contributed by atoms with E-state index in [0.29, 0.717) is 6.92 Å². The topological polar surface area (TPSA) is 115 Å². The van der Waals surface area contributed by atoms with Gasteiger partial charge < -0.3 is 11.1 Å². The molecule has 10 heteroatoms. The molecule has 0 aromatic rings. The summed E-state index contributed by atoms with van der Waals surface area (Å²) in [5.74, 6) is -2.17. The SMILES string of the molecule is CC(N)(C(=O)NCCS(N)(=O)=O)C(F)(F)F. The van der Waals surface area contributed by atoms with Gasteiger partial charge in [-0.05, 0) is 6.92 Å². The lowest BCUT2D eigenvalue weighted by Crippen LogP contribution is -2.61. The molecular formula is C6H12F3N3O3S. The van der Waals surface area contributed by atoms with Crippen LogP contribution < -0.4 is 16.2 Å². The van der Waals surface area contributed by atoms with Crippen molar-refractivity contribution in [3.63, 3.8) is 0 Å². The number of nitrogens with two attached hydrogens (primary N) is 2. The molecule has 0 aromatic heterocycles. The van der Waals surface area contributed by atoms with Gasteiger partial charge >= 0.3 is 6.18 Å². The van der Waals surface area contributed by atoms with Crippen molar-refractivity contribution in [2.24, 2.45) is 10.9 Å². The summed E-state index contributed by atoms with van der Waals surface area (Å²) in [5, 5.41) is 6.33. The maximum absolute atomic E-state index is 12.2. The van der Waals surface area contributed by atoms with E-state index in [2.05, 4.69) is 5.14 Å². The van der Waals surface area contributed by atoms with Crippen LogP contribution in [0.5, 0.6) is 0 Å². The summed E-state index contributed by atoms with van der Waals surface area (Å²) in [6.45, 7) is -0.0418. The first kappa shape index (κ1) is 15.1. The van der Waals surface area contributed by atoms with Crippen molar-refractivity contribution in [2.45, 2.75) is 18.6 Å². The first-order chi connectivity index (χ1) is 6.88. The average molecular weight is 263 g/mol. The van der Waals surface area contributed by atoms with Crippen molar-refractivity contribution in [1.82, 2.24) is 5.32 Å². The van der Waals surface area contributed by atoms with Crippen LogP contribution in [0.4, 0.5) is 13.2 Å². The summed E-state index contributed by atoms with van der Waals surface area (Å²) in [7, 11) is -3.84. The average Bonchev–Trinajstić information content (AvgIpc) is 1.99. The maximum Gasteiger partial charge on any atom is 0.415 e. The van der Waals surface area contributed by atoms with Gasteiger partial charge in [-0.1, -0.05) is 0 Å². The Balaban J connectivity index is 4.39. The zero-order valence-electron chi connectivity index (χ0n) is 8.34. The molecule has 0 rings (SSSR count). The third-order valence-corrected chi connectivity index (χ3v) is 2.51. The Morgan fingerprint density at radius 1 is 1.38 bits per heavy atom. The van der Waals surface area contributed by atoms with Gasteiger partial charge in [0.25, 0.3) is 0 Å². The van der Waals surface area contributed by atoms with Crippen molar-refractivity contribution in [2.75, 3.05) is 12.3 Å². The van der Waals surface area contributed by atoms with Gasteiger partial charge in [-0.3, -0.25) is 4.79 Å². The lowest BCUT2D eigenvalue weighted by Gasteiger charge is -2.25. The maximum atomic E-state index is 12.2. The van der Waals surface area contributed by atoms with Crippen molar-refractivity contribution in [1.29, 1.82) is 0 Å². The van der Waals surface area contributed by atoms with E-state index in [1.807, 2.05) is 0 Å². The number of alkyl halides is 3. The van der Waals surface area contributed by atoms with Gasteiger partial charge in [0.1, 0.15) is 0 Å². The number of primary sulfonamides is 1. The predicted molar refractivity (Wildman–Crippen MR) is 49.6 cm³/mol. The molecule has 0 aliphatic rings. The lowest BCUT2D eigenvalue weighted by atomic mass is 10.0. The molecule has 0 aliphatic carbocycles. The smallest absolute Gasteiger partial charge is 0.353 e. The van der Waals surface area contributed by atoms with Crippen LogP contribution in [-0.2, 0) is 14.8 Å². The first-order valence-electron chi connectivity index (χ1n) is 4.02. The third-order valence-electron chi connectivity index (χ3n) is 1.73. The second-order valence-electron chi connectivity index (χ2n) is 3.32. The minimum Gasteiger partial charge on any atom is -0.353 e. The summed E-state index contributed by atoms with van der Waals surface area (Å²) in [4.78, 5) is 11.0. The van der Waals surface area contributed by atoms with E-state index in [0.717, 1.165) is 0 Å². The van der Waals surface area contributed by atoms with Gasteiger partial charge in [-0.25, -0.2) is 13.6 Å². The normalized spacial score (nSPS) is 16.6. The standard InChI is InChI=1S/C6H12F3N3O3S/c1-5(10,6(7,8)9)4(13)12-2-3-16(11,14)15/h2-3,10H2,1H3,(H,12,13)(H2,11,14,15). The molecule has 16 heavy (non-hydrogen) atoms. The molecule has 0 bridgehead atoms. The highest BCUT2D eigenvalue weighted by atomic mass is 32.2. The van der Waals surface area contributed by atoms with E-state index in [4.69, 9.17) is 5.73 Å². The zero-order chi connectivity index (χ0) is 13.2. The fourth-order valence-corrected chi connectivity index (χ4v) is 1.01. The quantitative estimate of drug-likeness (QED) is 0.582. The molecule has 0 saturated carbocycles. The van der Waals surface area contributed by atoms with Crippen LogP contribution in [0.15, 0.2) is 0 Å². The van der Waals surface area contributed by atoms with Crippen molar-refractivity contribution >= 4 is 15.9 Å². The molecular weight excluding hydrogens is 251 g/mol. The largest absolute Gasteiger partial charge is 0.415 e. The molecule has 0 fully saturated rings. The van der Waals surface area contributed by atoms with Gasteiger partial charge in [0.15, 0.2) is 5.54 Å². The highest BCUT2D eigenvalue weighted by Gasteiger charge is 2.53. The van der Waals surface area contributed by atoms with Gasteiger partial charge in [-0.15, -0.1) is 0 Å². The summed E-state index contributed by atoms with van der Waals surface area (Å²) in [5.41, 5.74) is 1.71. The van der Waals surface area contributed by atoms with E-state index < -0.39 is 39.9 Å². The van der Waals surface area contributed by atoms with Crippen LogP contribution in [0.3, 0.4) is 0 Å². The Morgan fingerprint density at radius 3 is 2.12 bits per heavy atom. The Kier molecular flexibility index (Phi) is 4.31. The number of hydrogen-bond donors (Lipinski definition) is 3. The molecule has 6 nitrogen and oxygen atoms in total. The summed E-state index contributed by atoms with van der Waals surface area (Å²) in [6.07, 6.45) is -4.92. The summed E-state index contributed by atoms with van der Waals surface area (Å²) in [6, 6.07) is 0. The number of halogens is 3. The fourth-order valence-electron chi connectivity index (χ4n) is 0.619. The summed E-state index contributed by atoms with van der Waals surface area (Å²) < 4.78 is 57.5. The Labute approximate surface area is 90.2 Å². The van der Waals surface area contributed by atoms with Crippen LogP contribution >= 0.6 is 0 Å². The molecule has 1 unspecified atom stereocenters. The van der Waals surface area contributed by atoms with Gasteiger partial charge in [0, 0.05) is 6.54 Å². The highest BCUT2D eigenvalue weighted by Crippen LogP contribution is 2.27. The molecule has 1 amide bonds. The van der Waals surface area contributed by atoms with Crippen LogP contribution in [-0.4, -0.2) is 38.3 Å². The summed E-state index contributed by atoms with van der Waals surface area (Å²) >= 11 is 0. The van der Waals surface area contributed by atoms with Crippen LogP contribution in [0, 0.1) is 0 Å². The second kappa shape index (κ2) is 4.55. The van der Waals surface area contributed by atoms with Crippen molar-refractivity contribution in [3.8, 4) is 0 Å². The lowest BCUT2D eigenvalue weighted by molar-refractivity contribution is -0.187. The molecule has 0 aliphatic heterocycles. The minimum atomic E-state index is -4.92. The van der Waals surface area contributed by atoms with Gasteiger partial charge in [0.2, 0.25) is 15.9 Å². The Hall–Kier alpha value is -0.870. The number of carbonyl (C=O) groups is 1. The van der Waals surface area contributed by atoms with Crippen molar-refractivity contribution in [3.05, 3.63) is 0 Å². The zero-order valence-corrected chi connectivity index (χ0v) is 9.15. The predicted octanol–water partition coefficient (Wildman–Crippen LogP) is -1.33. The monoisotopic (exact) mass is 263 g/mol. The van der Waals surface area contributed by atoms with Gasteiger partial charge in [0.05, 0.1) is 5.75 Å². The Morgan fingerprint density at radius 2 is 1.81 bits per heavy atom. The first-order valence-corrected chi connectivity index (χ1v) is 5.74. The van der Waals surface area contributed by atoms with E-state index >= 15 is 0 Å². The number of carbonyl (C=O) groups excluding carboxylic acids is 1. The molecule has 96 valence electrons. The van der Waals surface area contributed by atoms with Crippen LogP contribution in [0.1, 0.15) is 6.92 Å². The third kappa shape index (κ3) is 4.33. The van der Waals surface area contributed by atoms with Crippen LogP contribution in [0.25, 0.3) is 0 Å². The van der Waals surface area contributed by atoms with Gasteiger partial charge in [-0.2, -0.15) is 13.2 Å². The van der Waals surface area contributed by atoms with Crippen molar-refractivity contribution < 1.29 is 26.4 Å². The molecule has 0 heterocycles. The molecule has 0 spiro atoms. The van der Waals surface area contributed by atoms with E-state index in [1.54, 1.807) is 5.32 Å². The number of rotatable bonds is 4. The Bertz CT molecular complexity index is 363. The van der Waals surface area contributed by atoms with E-state index in [-0.39, 0.29) is 0 Å². The number of sulfonamides is 1. The van der Waals surface area contributed by atoms with E-state index in [1.165, 1.54) is 0 Å². The minimum absolute atomic E-state index is 0.485. The molecule has 0 aromatic carbocycles. The molecule has 0 radical (unpaired) electrons.